The summed E-state index contributed by atoms with van der Waals surface area (Å²) in [5, 5.41) is 7.16. The molecule has 1 amide bonds. The van der Waals surface area contributed by atoms with Gasteiger partial charge < -0.3 is 10.6 Å². The third-order valence-electron chi connectivity index (χ3n) is 2.96. The molecule has 4 heteroatoms. The smallest absolute Gasteiger partial charge is 0.222 e. The highest BCUT2D eigenvalue weighted by Gasteiger charge is 2.20. The third-order valence-corrected chi connectivity index (χ3v) is 4.34. The average Bonchev–Trinajstić information content (AvgIpc) is 2.26. The number of hydrogen-bond acceptors (Lipinski definition) is 3. The van der Waals surface area contributed by atoms with Crippen molar-refractivity contribution in [3.05, 3.63) is 0 Å². The van der Waals surface area contributed by atoms with Crippen LogP contribution in [0, 0.1) is 5.92 Å². The van der Waals surface area contributed by atoms with E-state index in [0.29, 0.717) is 11.3 Å². The topological polar surface area (TPSA) is 41.1 Å². The summed E-state index contributed by atoms with van der Waals surface area (Å²) >= 11 is 2.05. The van der Waals surface area contributed by atoms with Crippen LogP contribution in [0.4, 0.5) is 0 Å². The first-order chi connectivity index (χ1) is 7.61. The van der Waals surface area contributed by atoms with E-state index in [4.69, 9.17) is 0 Å². The predicted octanol–water partition coefficient (Wildman–Crippen LogP) is 1.63. The Balaban J connectivity index is 2.08. The highest BCUT2D eigenvalue weighted by Crippen LogP contribution is 2.24. The molecule has 1 rings (SSSR count). The van der Waals surface area contributed by atoms with E-state index in [1.54, 1.807) is 0 Å². The molecule has 3 nitrogen and oxygen atoms in total. The van der Waals surface area contributed by atoms with Crippen molar-refractivity contribution in [1.82, 2.24) is 10.6 Å². The van der Waals surface area contributed by atoms with Crippen molar-refractivity contribution in [3.63, 3.8) is 0 Å². The van der Waals surface area contributed by atoms with Crippen LogP contribution < -0.4 is 10.6 Å². The zero-order valence-corrected chi connectivity index (χ0v) is 11.4. The molecule has 94 valence electrons. The molecule has 1 fully saturated rings. The van der Waals surface area contributed by atoms with E-state index in [1.807, 2.05) is 25.6 Å². The van der Waals surface area contributed by atoms with Crippen molar-refractivity contribution >= 4 is 17.7 Å². The van der Waals surface area contributed by atoms with Gasteiger partial charge in [0.2, 0.25) is 5.91 Å². The first kappa shape index (κ1) is 13.8. The molecule has 2 atom stereocenters. The number of carbonyl (C=O) groups excluding carboxylic acids is 1. The Labute approximate surface area is 103 Å². The fourth-order valence-electron chi connectivity index (χ4n) is 1.84. The minimum atomic E-state index is 0.0872. The Morgan fingerprint density at radius 2 is 2.19 bits per heavy atom. The highest BCUT2D eigenvalue weighted by atomic mass is 32.2. The molecule has 0 radical (unpaired) electrons. The summed E-state index contributed by atoms with van der Waals surface area (Å²) in [4.78, 5) is 11.3. The Hall–Kier alpha value is -0.220. The summed E-state index contributed by atoms with van der Waals surface area (Å²) in [7, 11) is 0. The number of rotatable bonds is 5. The van der Waals surface area contributed by atoms with E-state index in [2.05, 4.69) is 17.6 Å². The van der Waals surface area contributed by atoms with Crippen LogP contribution in [-0.2, 0) is 4.79 Å². The third kappa shape index (κ3) is 4.74. The second-order valence-corrected chi connectivity index (χ2v) is 6.21. The van der Waals surface area contributed by atoms with E-state index < -0.39 is 0 Å². The lowest BCUT2D eigenvalue weighted by atomic mass is 10.1. The van der Waals surface area contributed by atoms with Gasteiger partial charge >= 0.3 is 0 Å². The van der Waals surface area contributed by atoms with Crippen LogP contribution in [0.15, 0.2) is 0 Å². The van der Waals surface area contributed by atoms with E-state index >= 15 is 0 Å². The lowest BCUT2D eigenvalue weighted by Gasteiger charge is -2.29. The maximum atomic E-state index is 11.3. The molecule has 1 aliphatic heterocycles. The average molecular weight is 244 g/mol. The van der Waals surface area contributed by atoms with Gasteiger partial charge in [-0.1, -0.05) is 20.8 Å². The number of hydrogen-bond donors (Lipinski definition) is 2. The molecule has 1 heterocycles. The van der Waals surface area contributed by atoms with Crippen molar-refractivity contribution in [2.75, 3.05) is 18.8 Å². The summed E-state index contributed by atoms with van der Waals surface area (Å²) in [6.07, 6.45) is 2.58. The minimum Gasteiger partial charge on any atom is -0.355 e. The van der Waals surface area contributed by atoms with Crippen molar-refractivity contribution in [2.24, 2.45) is 5.92 Å². The van der Waals surface area contributed by atoms with E-state index in [9.17, 15) is 4.79 Å². The van der Waals surface area contributed by atoms with Gasteiger partial charge in [0.05, 0.1) is 0 Å². The van der Waals surface area contributed by atoms with E-state index in [0.717, 1.165) is 13.1 Å². The second-order valence-electron chi connectivity index (χ2n) is 4.72. The Kier molecular flexibility index (Phi) is 6.21. The molecule has 0 aromatic rings. The minimum absolute atomic E-state index is 0.0872. The van der Waals surface area contributed by atoms with Gasteiger partial charge in [-0.2, -0.15) is 11.8 Å². The van der Waals surface area contributed by atoms with Crippen LogP contribution in [0.2, 0.25) is 0 Å². The van der Waals surface area contributed by atoms with Gasteiger partial charge in [-0.25, -0.2) is 0 Å². The van der Waals surface area contributed by atoms with E-state index in [-0.39, 0.29) is 11.8 Å². The normalized spacial score (nSPS) is 25.8. The van der Waals surface area contributed by atoms with Gasteiger partial charge in [-0.15, -0.1) is 0 Å². The van der Waals surface area contributed by atoms with Gasteiger partial charge in [0.25, 0.3) is 0 Å². The molecule has 2 N–H and O–H groups in total. The lowest BCUT2D eigenvalue weighted by Crippen LogP contribution is -2.43. The molecule has 16 heavy (non-hydrogen) atoms. The molecule has 0 bridgehead atoms. The molecular formula is C12H24N2OS. The Morgan fingerprint density at radius 1 is 1.44 bits per heavy atom. The number of carbonyl (C=O) groups is 1. The first-order valence-electron chi connectivity index (χ1n) is 6.24. The maximum Gasteiger partial charge on any atom is 0.222 e. The molecule has 1 saturated heterocycles. The van der Waals surface area contributed by atoms with Crippen LogP contribution >= 0.6 is 11.8 Å². The molecule has 2 unspecified atom stereocenters. The van der Waals surface area contributed by atoms with Crippen molar-refractivity contribution < 1.29 is 4.79 Å². The highest BCUT2D eigenvalue weighted by molar-refractivity contribution is 7.99. The van der Waals surface area contributed by atoms with Gasteiger partial charge in [-0.05, 0) is 18.6 Å². The number of thioether (sulfide) groups is 1. The molecule has 1 aliphatic rings. The monoisotopic (exact) mass is 244 g/mol. The summed E-state index contributed by atoms with van der Waals surface area (Å²) in [6, 6.07) is 0.620. The number of nitrogens with one attached hydrogen (secondary N) is 2. The van der Waals surface area contributed by atoms with Crippen molar-refractivity contribution in [2.45, 2.75) is 44.9 Å². The molecule has 0 aliphatic carbocycles. The molecule has 0 spiro atoms. The second kappa shape index (κ2) is 7.17. The first-order valence-corrected chi connectivity index (χ1v) is 7.29. The SMILES string of the molecule is CC(C)C(=O)NCCNC1CCCSC1C. The zero-order valence-electron chi connectivity index (χ0n) is 10.6. The van der Waals surface area contributed by atoms with Crippen LogP contribution in [0.25, 0.3) is 0 Å². The van der Waals surface area contributed by atoms with Gasteiger partial charge in [0.1, 0.15) is 0 Å². The Morgan fingerprint density at radius 3 is 2.81 bits per heavy atom. The van der Waals surface area contributed by atoms with E-state index in [1.165, 1.54) is 18.6 Å². The van der Waals surface area contributed by atoms with Crippen LogP contribution in [0.5, 0.6) is 0 Å². The predicted molar refractivity (Wildman–Crippen MR) is 70.8 cm³/mol. The summed E-state index contributed by atoms with van der Waals surface area (Å²) < 4.78 is 0. The summed E-state index contributed by atoms with van der Waals surface area (Å²) in [5.41, 5.74) is 0. The zero-order chi connectivity index (χ0) is 12.0. The van der Waals surface area contributed by atoms with Gasteiger partial charge in [-0.3, -0.25) is 4.79 Å². The Bertz CT molecular complexity index is 221. The molecule has 0 aromatic carbocycles. The fourth-order valence-corrected chi connectivity index (χ4v) is 3.01. The van der Waals surface area contributed by atoms with Crippen molar-refractivity contribution in [3.8, 4) is 0 Å². The lowest BCUT2D eigenvalue weighted by molar-refractivity contribution is -0.123. The number of amides is 1. The summed E-state index contributed by atoms with van der Waals surface area (Å²) in [6.45, 7) is 7.75. The molecule has 0 aromatic heterocycles. The fraction of sp³-hybridized carbons (Fsp3) is 0.917. The van der Waals surface area contributed by atoms with Crippen molar-refractivity contribution in [1.29, 1.82) is 0 Å². The summed E-state index contributed by atoms with van der Waals surface area (Å²) in [5.74, 6) is 1.53. The molecular weight excluding hydrogens is 220 g/mol. The largest absolute Gasteiger partial charge is 0.355 e. The standard InChI is InChI=1S/C12H24N2OS/c1-9(2)12(15)14-7-6-13-11-5-4-8-16-10(11)3/h9-11,13H,4-8H2,1-3H3,(H,14,15). The van der Waals surface area contributed by atoms with Crippen LogP contribution in [0.1, 0.15) is 33.6 Å². The quantitative estimate of drug-likeness (QED) is 0.722. The van der Waals surface area contributed by atoms with Crippen LogP contribution in [-0.4, -0.2) is 36.0 Å². The van der Waals surface area contributed by atoms with Gasteiger partial charge in [0.15, 0.2) is 0 Å². The molecule has 0 saturated carbocycles. The maximum absolute atomic E-state index is 11.3. The van der Waals surface area contributed by atoms with Gasteiger partial charge in [0, 0.05) is 30.3 Å². The van der Waals surface area contributed by atoms with Crippen LogP contribution in [0.3, 0.4) is 0 Å².